The Morgan fingerprint density at radius 3 is 2.41 bits per heavy atom. The normalized spacial score (nSPS) is 18.0. The first-order valence-corrected chi connectivity index (χ1v) is 6.51. The summed E-state index contributed by atoms with van der Waals surface area (Å²) in [7, 11) is 1.58. The van der Waals surface area contributed by atoms with Gasteiger partial charge in [0.25, 0.3) is 0 Å². The number of carbonyl (C=O) groups excluding carboxylic acids is 1. The van der Waals surface area contributed by atoms with Crippen LogP contribution in [0.1, 0.15) is 45.4 Å². The summed E-state index contributed by atoms with van der Waals surface area (Å²) in [4.78, 5) is 24.0. The van der Waals surface area contributed by atoms with E-state index in [4.69, 9.17) is 5.11 Å². The van der Waals surface area contributed by atoms with Crippen LogP contribution in [0, 0.1) is 11.8 Å². The van der Waals surface area contributed by atoms with Crippen molar-refractivity contribution in [2.24, 2.45) is 11.8 Å². The molecule has 4 nitrogen and oxygen atoms in total. The molecular weight excluding hydrogens is 218 g/mol. The summed E-state index contributed by atoms with van der Waals surface area (Å²) in [5.41, 5.74) is 0. The second kappa shape index (κ2) is 6.62. The maximum absolute atomic E-state index is 12.1. The summed E-state index contributed by atoms with van der Waals surface area (Å²) in [6.45, 7) is 1.81. The molecule has 1 aliphatic rings. The second-order valence-electron chi connectivity index (χ2n) is 5.08. The summed E-state index contributed by atoms with van der Waals surface area (Å²) in [6.07, 6.45) is 6.75. The number of hydrogen-bond donors (Lipinski definition) is 1. The van der Waals surface area contributed by atoms with E-state index in [9.17, 15) is 9.59 Å². The van der Waals surface area contributed by atoms with Crippen molar-refractivity contribution in [2.75, 3.05) is 13.6 Å². The number of amides is 1. The smallest absolute Gasteiger partial charge is 0.323 e. The molecule has 98 valence electrons. The van der Waals surface area contributed by atoms with E-state index in [1.165, 1.54) is 30.6 Å². The first-order valence-electron chi connectivity index (χ1n) is 6.51. The highest BCUT2D eigenvalue weighted by molar-refractivity contribution is 5.82. The third-order valence-electron chi connectivity index (χ3n) is 3.68. The van der Waals surface area contributed by atoms with Crippen molar-refractivity contribution in [3.05, 3.63) is 0 Å². The number of carbonyl (C=O) groups is 2. The van der Waals surface area contributed by atoms with Crippen molar-refractivity contribution in [2.45, 2.75) is 45.4 Å². The predicted molar refractivity (Wildman–Crippen MR) is 65.6 cm³/mol. The second-order valence-corrected chi connectivity index (χ2v) is 5.08. The first-order chi connectivity index (χ1) is 8.04. The highest BCUT2D eigenvalue weighted by Gasteiger charge is 2.26. The van der Waals surface area contributed by atoms with Gasteiger partial charge in [-0.3, -0.25) is 9.59 Å². The standard InChI is InChI=1S/C13H23NO3/c1-3-11(8-10-6-4-5-7-10)13(17)14(2)9-12(15)16/h10-11H,3-9H2,1-2H3,(H,15,16). The lowest BCUT2D eigenvalue weighted by Gasteiger charge is -2.23. The molecule has 1 amide bonds. The Morgan fingerprint density at radius 2 is 1.94 bits per heavy atom. The van der Waals surface area contributed by atoms with E-state index >= 15 is 0 Å². The van der Waals surface area contributed by atoms with E-state index in [1.807, 2.05) is 6.92 Å². The number of likely N-dealkylation sites (N-methyl/N-ethyl adjacent to an activating group) is 1. The molecule has 0 aromatic rings. The van der Waals surface area contributed by atoms with E-state index in [0.717, 1.165) is 12.8 Å². The highest BCUT2D eigenvalue weighted by Crippen LogP contribution is 2.31. The van der Waals surface area contributed by atoms with Gasteiger partial charge in [-0.15, -0.1) is 0 Å². The monoisotopic (exact) mass is 241 g/mol. The zero-order valence-electron chi connectivity index (χ0n) is 10.8. The third kappa shape index (κ3) is 4.36. The van der Waals surface area contributed by atoms with Crippen LogP contribution >= 0.6 is 0 Å². The average molecular weight is 241 g/mol. The zero-order chi connectivity index (χ0) is 12.8. The lowest BCUT2D eigenvalue weighted by atomic mass is 9.90. The fraction of sp³-hybridized carbons (Fsp3) is 0.846. The van der Waals surface area contributed by atoms with Crippen molar-refractivity contribution in [1.29, 1.82) is 0 Å². The van der Waals surface area contributed by atoms with E-state index in [2.05, 4.69) is 0 Å². The molecule has 1 unspecified atom stereocenters. The summed E-state index contributed by atoms with van der Waals surface area (Å²) >= 11 is 0. The molecule has 1 N–H and O–H groups in total. The maximum Gasteiger partial charge on any atom is 0.323 e. The Hall–Kier alpha value is -1.06. The number of carboxylic acids is 1. The minimum absolute atomic E-state index is 0.00227. The number of aliphatic carboxylic acids is 1. The van der Waals surface area contributed by atoms with Crippen LogP contribution in [0.25, 0.3) is 0 Å². The minimum Gasteiger partial charge on any atom is -0.480 e. The van der Waals surface area contributed by atoms with Crippen molar-refractivity contribution < 1.29 is 14.7 Å². The highest BCUT2D eigenvalue weighted by atomic mass is 16.4. The van der Waals surface area contributed by atoms with Gasteiger partial charge in [0.2, 0.25) is 5.91 Å². The molecule has 0 aromatic carbocycles. The Kier molecular flexibility index (Phi) is 5.45. The molecule has 1 saturated carbocycles. The number of carboxylic acid groups (broad SMARTS) is 1. The van der Waals surface area contributed by atoms with Crippen LogP contribution in [0.4, 0.5) is 0 Å². The SMILES string of the molecule is CCC(CC1CCCC1)C(=O)N(C)CC(=O)O. The van der Waals surface area contributed by atoms with Gasteiger partial charge in [0, 0.05) is 13.0 Å². The van der Waals surface area contributed by atoms with Gasteiger partial charge in [-0.2, -0.15) is 0 Å². The van der Waals surface area contributed by atoms with Crippen LogP contribution < -0.4 is 0 Å². The lowest BCUT2D eigenvalue weighted by molar-refractivity contribution is -0.145. The predicted octanol–water partition coefficient (Wildman–Crippen LogP) is 2.14. The van der Waals surface area contributed by atoms with Crippen molar-refractivity contribution in [3.8, 4) is 0 Å². The number of nitrogens with zero attached hydrogens (tertiary/aromatic N) is 1. The molecular formula is C13H23NO3. The molecule has 0 radical (unpaired) electrons. The molecule has 0 aliphatic heterocycles. The van der Waals surface area contributed by atoms with Crippen LogP contribution in [-0.2, 0) is 9.59 Å². The van der Waals surface area contributed by atoms with E-state index < -0.39 is 5.97 Å². The van der Waals surface area contributed by atoms with E-state index in [-0.39, 0.29) is 18.4 Å². The molecule has 0 aromatic heterocycles. The van der Waals surface area contributed by atoms with Gasteiger partial charge < -0.3 is 10.0 Å². The lowest BCUT2D eigenvalue weighted by Crippen LogP contribution is -2.37. The van der Waals surface area contributed by atoms with Crippen LogP contribution in [-0.4, -0.2) is 35.5 Å². The Bertz CT molecular complexity index is 272. The molecule has 4 heteroatoms. The third-order valence-corrected chi connectivity index (χ3v) is 3.68. The fourth-order valence-corrected chi connectivity index (χ4v) is 2.68. The summed E-state index contributed by atoms with van der Waals surface area (Å²) in [6, 6.07) is 0. The van der Waals surface area contributed by atoms with Gasteiger partial charge in [0.05, 0.1) is 0 Å². The summed E-state index contributed by atoms with van der Waals surface area (Å²) < 4.78 is 0. The molecule has 0 saturated heterocycles. The van der Waals surface area contributed by atoms with Gasteiger partial charge in [-0.05, 0) is 18.8 Å². The van der Waals surface area contributed by atoms with Gasteiger partial charge in [-0.25, -0.2) is 0 Å². The summed E-state index contributed by atoms with van der Waals surface area (Å²) in [5.74, 6) is -0.289. The molecule has 0 spiro atoms. The molecule has 1 rings (SSSR count). The Labute approximate surface area is 103 Å². The topological polar surface area (TPSA) is 57.6 Å². The fourth-order valence-electron chi connectivity index (χ4n) is 2.68. The Balaban J connectivity index is 2.47. The van der Waals surface area contributed by atoms with Crippen molar-refractivity contribution in [3.63, 3.8) is 0 Å². The van der Waals surface area contributed by atoms with Gasteiger partial charge in [-0.1, -0.05) is 32.6 Å². The van der Waals surface area contributed by atoms with Crippen LogP contribution in [0.2, 0.25) is 0 Å². The molecule has 1 aliphatic carbocycles. The van der Waals surface area contributed by atoms with Gasteiger partial charge in [0.1, 0.15) is 6.54 Å². The molecule has 17 heavy (non-hydrogen) atoms. The quantitative estimate of drug-likeness (QED) is 0.775. The molecule has 1 fully saturated rings. The molecule has 0 bridgehead atoms. The largest absolute Gasteiger partial charge is 0.480 e. The van der Waals surface area contributed by atoms with Crippen molar-refractivity contribution >= 4 is 11.9 Å². The van der Waals surface area contributed by atoms with E-state index in [0.29, 0.717) is 5.92 Å². The van der Waals surface area contributed by atoms with Crippen LogP contribution in [0.5, 0.6) is 0 Å². The molecule has 1 atom stereocenters. The minimum atomic E-state index is -0.948. The number of rotatable bonds is 6. The maximum atomic E-state index is 12.1. The average Bonchev–Trinajstić information content (AvgIpc) is 2.76. The van der Waals surface area contributed by atoms with Crippen LogP contribution in [0.3, 0.4) is 0 Å². The first kappa shape index (κ1) is 14.0. The molecule has 0 heterocycles. The Morgan fingerprint density at radius 1 is 1.35 bits per heavy atom. The van der Waals surface area contributed by atoms with Crippen LogP contribution in [0.15, 0.2) is 0 Å². The van der Waals surface area contributed by atoms with Gasteiger partial charge >= 0.3 is 5.97 Å². The van der Waals surface area contributed by atoms with E-state index in [1.54, 1.807) is 7.05 Å². The summed E-state index contributed by atoms with van der Waals surface area (Å²) in [5, 5.41) is 8.68. The number of hydrogen-bond acceptors (Lipinski definition) is 2. The van der Waals surface area contributed by atoms with Gasteiger partial charge in [0.15, 0.2) is 0 Å². The van der Waals surface area contributed by atoms with Crippen molar-refractivity contribution in [1.82, 2.24) is 4.90 Å². The zero-order valence-corrected chi connectivity index (χ0v) is 10.8.